The standard InChI is InChI=1S/C23H21FN4O/c24-19-13-12-16(27-22(19)15-26-29)7-5-6-14-25-23-17-8-1-3-10-20(17)28-21-11-4-2-9-18(21)23/h1,3,8,10,12-13,15,29H,2,4,6,9,11,14H2,(H,25,28)/b26-15+. The highest BCUT2D eigenvalue weighted by Crippen LogP contribution is 2.33. The quantitative estimate of drug-likeness (QED) is 0.230. The molecule has 1 aromatic carbocycles. The lowest BCUT2D eigenvalue weighted by Gasteiger charge is -2.21. The lowest BCUT2D eigenvalue weighted by Crippen LogP contribution is -2.12. The summed E-state index contributed by atoms with van der Waals surface area (Å²) in [5.74, 6) is 5.45. The first-order valence-corrected chi connectivity index (χ1v) is 9.73. The van der Waals surface area contributed by atoms with Crippen molar-refractivity contribution in [2.24, 2.45) is 5.16 Å². The number of aryl methyl sites for hydroxylation is 1. The van der Waals surface area contributed by atoms with Crippen molar-refractivity contribution in [1.82, 2.24) is 9.97 Å². The van der Waals surface area contributed by atoms with Gasteiger partial charge >= 0.3 is 0 Å². The molecule has 0 amide bonds. The Morgan fingerprint density at radius 2 is 2.00 bits per heavy atom. The average molecular weight is 388 g/mol. The van der Waals surface area contributed by atoms with Crippen LogP contribution in [0.5, 0.6) is 0 Å². The van der Waals surface area contributed by atoms with Crippen molar-refractivity contribution in [3.8, 4) is 11.8 Å². The first kappa shape index (κ1) is 18.9. The van der Waals surface area contributed by atoms with Gasteiger partial charge in [0, 0.05) is 29.7 Å². The van der Waals surface area contributed by atoms with Crippen LogP contribution in [0.15, 0.2) is 41.6 Å². The summed E-state index contributed by atoms with van der Waals surface area (Å²) in [7, 11) is 0. The number of pyridine rings is 2. The van der Waals surface area contributed by atoms with E-state index in [-0.39, 0.29) is 5.69 Å². The highest BCUT2D eigenvalue weighted by Gasteiger charge is 2.17. The fraction of sp³-hybridized carbons (Fsp3) is 0.261. The molecular formula is C23H21FN4O. The largest absolute Gasteiger partial charge is 0.411 e. The van der Waals surface area contributed by atoms with Crippen LogP contribution in [0.3, 0.4) is 0 Å². The van der Waals surface area contributed by atoms with Gasteiger partial charge in [0.15, 0.2) is 5.82 Å². The van der Waals surface area contributed by atoms with Crippen molar-refractivity contribution in [2.45, 2.75) is 32.1 Å². The number of anilines is 1. The molecule has 6 heteroatoms. The van der Waals surface area contributed by atoms with E-state index in [9.17, 15) is 4.39 Å². The second-order valence-corrected chi connectivity index (χ2v) is 6.92. The Balaban J connectivity index is 1.49. The van der Waals surface area contributed by atoms with Crippen LogP contribution in [0.1, 0.15) is 41.9 Å². The van der Waals surface area contributed by atoms with Gasteiger partial charge in [-0.25, -0.2) is 9.37 Å². The van der Waals surface area contributed by atoms with E-state index in [1.54, 1.807) is 0 Å². The van der Waals surface area contributed by atoms with Crippen LogP contribution >= 0.6 is 0 Å². The maximum absolute atomic E-state index is 13.5. The summed E-state index contributed by atoms with van der Waals surface area (Å²) in [4.78, 5) is 8.89. The van der Waals surface area contributed by atoms with Crippen LogP contribution in [-0.4, -0.2) is 27.9 Å². The molecule has 2 aromatic heterocycles. The van der Waals surface area contributed by atoms with Gasteiger partial charge in [0.25, 0.3) is 0 Å². The fourth-order valence-electron chi connectivity index (χ4n) is 3.65. The first-order chi connectivity index (χ1) is 14.3. The molecule has 0 saturated carbocycles. The van der Waals surface area contributed by atoms with Crippen LogP contribution in [0.25, 0.3) is 10.9 Å². The predicted octanol–water partition coefficient (Wildman–Crippen LogP) is 4.31. The molecule has 0 radical (unpaired) electrons. The molecule has 5 nitrogen and oxygen atoms in total. The smallest absolute Gasteiger partial charge is 0.150 e. The second kappa shape index (κ2) is 8.70. The van der Waals surface area contributed by atoms with Gasteiger partial charge in [-0.05, 0) is 55.4 Å². The van der Waals surface area contributed by atoms with Gasteiger partial charge in [-0.3, -0.25) is 4.98 Å². The summed E-state index contributed by atoms with van der Waals surface area (Å²) in [5, 5.41) is 16.1. The van der Waals surface area contributed by atoms with Crippen molar-refractivity contribution in [2.75, 3.05) is 11.9 Å². The van der Waals surface area contributed by atoms with Gasteiger partial charge in [0.2, 0.25) is 0 Å². The summed E-state index contributed by atoms with van der Waals surface area (Å²) in [6.45, 7) is 0.694. The van der Waals surface area contributed by atoms with Gasteiger partial charge < -0.3 is 10.5 Å². The average Bonchev–Trinajstić information content (AvgIpc) is 2.75. The Labute approximate surface area is 168 Å². The number of nitrogens with one attached hydrogen (secondary N) is 1. The van der Waals surface area contributed by atoms with E-state index in [1.807, 2.05) is 12.1 Å². The van der Waals surface area contributed by atoms with Crippen LogP contribution in [0.2, 0.25) is 0 Å². The van der Waals surface area contributed by atoms with Crippen molar-refractivity contribution in [1.29, 1.82) is 0 Å². The van der Waals surface area contributed by atoms with Gasteiger partial charge in [-0.2, -0.15) is 0 Å². The number of aromatic nitrogens is 2. The third-order valence-corrected chi connectivity index (χ3v) is 4.99. The molecule has 2 N–H and O–H groups in total. The summed E-state index contributed by atoms with van der Waals surface area (Å²) in [6, 6.07) is 11.0. The Morgan fingerprint density at radius 3 is 2.90 bits per heavy atom. The van der Waals surface area contributed by atoms with Crippen LogP contribution in [0.4, 0.5) is 10.1 Å². The number of hydrogen-bond donors (Lipinski definition) is 2. The van der Waals surface area contributed by atoms with Gasteiger partial charge in [-0.15, -0.1) is 0 Å². The monoisotopic (exact) mass is 388 g/mol. The molecule has 4 rings (SSSR count). The van der Waals surface area contributed by atoms with E-state index in [1.165, 1.54) is 41.9 Å². The topological polar surface area (TPSA) is 70.4 Å². The molecule has 146 valence electrons. The normalized spacial score (nSPS) is 13.1. The van der Waals surface area contributed by atoms with Crippen LogP contribution in [0, 0.1) is 17.7 Å². The van der Waals surface area contributed by atoms with Gasteiger partial charge in [-0.1, -0.05) is 29.3 Å². The Bertz CT molecular complexity index is 1130. The van der Waals surface area contributed by atoms with Gasteiger partial charge in [0.1, 0.15) is 11.4 Å². The second-order valence-electron chi connectivity index (χ2n) is 6.92. The fourth-order valence-corrected chi connectivity index (χ4v) is 3.65. The lowest BCUT2D eigenvalue weighted by molar-refractivity contribution is 0.321. The summed E-state index contributed by atoms with van der Waals surface area (Å²) in [6.07, 6.45) is 6.04. The molecule has 0 fully saturated rings. The van der Waals surface area contributed by atoms with E-state index in [0.717, 1.165) is 30.0 Å². The molecule has 0 aliphatic heterocycles. The summed E-state index contributed by atoms with van der Waals surface area (Å²) >= 11 is 0. The number of fused-ring (bicyclic) bond motifs is 2. The highest BCUT2D eigenvalue weighted by atomic mass is 19.1. The number of para-hydroxylation sites is 1. The molecule has 29 heavy (non-hydrogen) atoms. The third-order valence-electron chi connectivity index (χ3n) is 4.99. The molecule has 3 aromatic rings. The SMILES string of the molecule is O/N=C/c1nc(C#CCCNc2c3c(nc4ccccc24)CCCC3)ccc1F. The molecule has 0 bridgehead atoms. The number of hydrogen-bond acceptors (Lipinski definition) is 5. The zero-order valence-electron chi connectivity index (χ0n) is 16.0. The number of nitrogens with zero attached hydrogens (tertiary/aromatic N) is 3. The minimum Gasteiger partial charge on any atom is -0.411 e. The van der Waals surface area contributed by atoms with E-state index in [2.05, 4.69) is 39.4 Å². The number of rotatable bonds is 4. The zero-order valence-corrected chi connectivity index (χ0v) is 16.0. The summed E-state index contributed by atoms with van der Waals surface area (Å²) in [5.41, 5.74) is 5.14. The first-order valence-electron chi connectivity index (χ1n) is 9.73. The molecule has 0 unspecified atom stereocenters. The zero-order chi connectivity index (χ0) is 20.1. The molecule has 1 aliphatic rings. The minimum atomic E-state index is -0.552. The number of oxime groups is 1. The molecule has 0 saturated heterocycles. The number of benzene rings is 1. The Morgan fingerprint density at radius 1 is 1.14 bits per heavy atom. The van der Waals surface area contributed by atoms with Crippen molar-refractivity contribution in [3.05, 3.63) is 64.9 Å². The van der Waals surface area contributed by atoms with Crippen molar-refractivity contribution >= 4 is 22.8 Å². The molecule has 0 atom stereocenters. The van der Waals surface area contributed by atoms with E-state index in [4.69, 9.17) is 10.2 Å². The molecular weight excluding hydrogens is 367 g/mol. The molecule has 2 heterocycles. The lowest BCUT2D eigenvalue weighted by atomic mass is 9.92. The summed E-state index contributed by atoms with van der Waals surface area (Å²) < 4.78 is 13.5. The maximum atomic E-state index is 13.5. The molecule has 0 spiro atoms. The highest BCUT2D eigenvalue weighted by molar-refractivity contribution is 5.93. The van der Waals surface area contributed by atoms with Gasteiger partial charge in [0.05, 0.1) is 11.7 Å². The minimum absolute atomic E-state index is 0.0349. The van der Waals surface area contributed by atoms with Crippen molar-refractivity contribution in [3.63, 3.8) is 0 Å². The van der Waals surface area contributed by atoms with Crippen molar-refractivity contribution < 1.29 is 9.60 Å². The molecule has 1 aliphatic carbocycles. The van der Waals surface area contributed by atoms with E-state index >= 15 is 0 Å². The maximum Gasteiger partial charge on any atom is 0.150 e. The van der Waals surface area contributed by atoms with E-state index < -0.39 is 5.82 Å². The van der Waals surface area contributed by atoms with Crippen LogP contribution in [-0.2, 0) is 12.8 Å². The Kier molecular flexibility index (Phi) is 5.66. The van der Waals surface area contributed by atoms with Crippen LogP contribution < -0.4 is 5.32 Å². The number of halogens is 1. The third kappa shape index (κ3) is 4.19. The van der Waals surface area contributed by atoms with E-state index in [0.29, 0.717) is 18.7 Å². The predicted molar refractivity (Wildman–Crippen MR) is 112 cm³/mol. The Hall–Kier alpha value is -3.46.